The summed E-state index contributed by atoms with van der Waals surface area (Å²) in [5.74, 6) is -0.169. The molecule has 1 aliphatic rings. The van der Waals surface area contributed by atoms with Crippen molar-refractivity contribution in [1.82, 2.24) is 9.21 Å². The zero-order chi connectivity index (χ0) is 24.1. The first-order valence-electron chi connectivity index (χ1n) is 11.3. The summed E-state index contributed by atoms with van der Waals surface area (Å²) >= 11 is 0. The molecule has 1 aromatic rings. The Morgan fingerprint density at radius 3 is 2.41 bits per heavy atom. The van der Waals surface area contributed by atoms with E-state index in [4.69, 9.17) is 4.74 Å². The molecule has 1 aromatic carbocycles. The van der Waals surface area contributed by atoms with Crippen molar-refractivity contribution in [3.8, 4) is 5.75 Å². The number of piperidine rings is 1. The van der Waals surface area contributed by atoms with Gasteiger partial charge in [-0.3, -0.25) is 9.59 Å². The van der Waals surface area contributed by atoms with Gasteiger partial charge in [-0.2, -0.15) is 4.31 Å². The molecule has 0 radical (unpaired) electrons. The molecule has 1 atom stereocenters. The fraction of sp³-hybridized carbons (Fsp3) is 0.652. The van der Waals surface area contributed by atoms with Crippen LogP contribution in [0, 0.1) is 11.3 Å². The lowest BCUT2D eigenvalue weighted by Crippen LogP contribution is -2.47. The number of ether oxygens (including phenoxy) is 1. The molecule has 1 heterocycles. The highest BCUT2D eigenvalue weighted by molar-refractivity contribution is 7.89. The average Bonchev–Trinajstić information content (AvgIpc) is 2.74. The van der Waals surface area contributed by atoms with Crippen LogP contribution in [0.3, 0.4) is 0 Å². The second-order valence-corrected chi connectivity index (χ2v) is 10.9. The van der Waals surface area contributed by atoms with Crippen LogP contribution in [0.5, 0.6) is 5.75 Å². The van der Waals surface area contributed by atoms with Crippen molar-refractivity contribution in [3.63, 3.8) is 0 Å². The van der Waals surface area contributed by atoms with Crippen LogP contribution in [0.2, 0.25) is 0 Å². The summed E-state index contributed by atoms with van der Waals surface area (Å²) in [6, 6.07) is 4.53. The van der Waals surface area contributed by atoms with E-state index < -0.39 is 15.4 Å². The smallest absolute Gasteiger partial charge is 0.243 e. The summed E-state index contributed by atoms with van der Waals surface area (Å²) < 4.78 is 32.9. The number of sulfonamides is 1. The molecule has 180 valence electrons. The Morgan fingerprint density at radius 2 is 1.84 bits per heavy atom. The van der Waals surface area contributed by atoms with Gasteiger partial charge in [0.2, 0.25) is 21.8 Å². The van der Waals surface area contributed by atoms with Gasteiger partial charge in [0.1, 0.15) is 5.75 Å². The van der Waals surface area contributed by atoms with E-state index in [1.807, 2.05) is 27.7 Å². The number of hydrogen-bond donors (Lipinski definition) is 1. The molecular weight excluding hydrogens is 430 g/mol. The molecule has 0 aliphatic carbocycles. The maximum absolute atomic E-state index is 13.1. The molecule has 1 aliphatic heterocycles. The molecule has 8 nitrogen and oxygen atoms in total. The van der Waals surface area contributed by atoms with Gasteiger partial charge >= 0.3 is 0 Å². The summed E-state index contributed by atoms with van der Waals surface area (Å²) in [7, 11) is -3.68. The first-order chi connectivity index (χ1) is 14.9. The van der Waals surface area contributed by atoms with Crippen molar-refractivity contribution in [3.05, 3.63) is 18.2 Å². The highest BCUT2D eigenvalue weighted by Gasteiger charge is 2.34. The number of carbonyl (C=O) groups excluding carboxylic acids is 2. The molecular formula is C23H37N3O5S. The third kappa shape index (κ3) is 6.01. The van der Waals surface area contributed by atoms with Crippen LogP contribution in [0.25, 0.3) is 0 Å². The molecule has 9 heteroatoms. The van der Waals surface area contributed by atoms with Crippen LogP contribution in [0.15, 0.2) is 23.1 Å². The van der Waals surface area contributed by atoms with Gasteiger partial charge in [0, 0.05) is 31.6 Å². The van der Waals surface area contributed by atoms with E-state index in [0.717, 1.165) is 6.42 Å². The van der Waals surface area contributed by atoms with E-state index in [0.29, 0.717) is 50.6 Å². The zero-order valence-electron chi connectivity index (χ0n) is 20.1. The monoisotopic (exact) mass is 467 g/mol. The summed E-state index contributed by atoms with van der Waals surface area (Å²) in [5.41, 5.74) is -0.183. The quantitative estimate of drug-likeness (QED) is 0.633. The van der Waals surface area contributed by atoms with Gasteiger partial charge in [-0.25, -0.2) is 8.42 Å². The second-order valence-electron chi connectivity index (χ2n) is 9.01. The van der Waals surface area contributed by atoms with Gasteiger partial charge in [0.05, 0.1) is 23.1 Å². The fourth-order valence-corrected chi connectivity index (χ4v) is 5.33. The van der Waals surface area contributed by atoms with Crippen LogP contribution in [0.1, 0.15) is 54.4 Å². The highest BCUT2D eigenvalue weighted by Crippen LogP contribution is 2.31. The van der Waals surface area contributed by atoms with Crippen molar-refractivity contribution < 1.29 is 22.7 Å². The van der Waals surface area contributed by atoms with Crippen LogP contribution >= 0.6 is 0 Å². The Balaban J connectivity index is 2.28. The number of hydrogen-bond acceptors (Lipinski definition) is 5. The van der Waals surface area contributed by atoms with Gasteiger partial charge in [-0.15, -0.1) is 0 Å². The lowest BCUT2D eigenvalue weighted by atomic mass is 9.91. The zero-order valence-corrected chi connectivity index (χ0v) is 20.9. The number of nitrogens with zero attached hydrogens (tertiary/aromatic N) is 2. The first kappa shape index (κ1) is 26.1. The lowest BCUT2D eigenvalue weighted by Gasteiger charge is -2.36. The predicted molar refractivity (Wildman–Crippen MR) is 125 cm³/mol. The van der Waals surface area contributed by atoms with Crippen LogP contribution in [-0.2, 0) is 19.6 Å². The normalized spacial score (nSPS) is 17.3. The van der Waals surface area contributed by atoms with Crippen molar-refractivity contribution in [1.29, 1.82) is 0 Å². The third-order valence-corrected chi connectivity index (χ3v) is 7.62. The van der Waals surface area contributed by atoms with Gasteiger partial charge in [0.15, 0.2) is 0 Å². The minimum absolute atomic E-state index is 0.0253. The Bertz CT molecular complexity index is 920. The maximum Gasteiger partial charge on any atom is 0.243 e. The number of amides is 2. The van der Waals surface area contributed by atoms with Crippen molar-refractivity contribution in [2.75, 3.05) is 38.1 Å². The minimum atomic E-state index is -3.68. The van der Waals surface area contributed by atoms with E-state index in [-0.39, 0.29) is 22.6 Å². The number of nitrogens with one attached hydrogen (secondary N) is 1. The molecule has 32 heavy (non-hydrogen) atoms. The van der Waals surface area contributed by atoms with Gasteiger partial charge in [-0.05, 0) is 38.0 Å². The summed E-state index contributed by atoms with van der Waals surface area (Å²) in [4.78, 5) is 27.6. The topological polar surface area (TPSA) is 96.0 Å². The lowest BCUT2D eigenvalue weighted by molar-refractivity contribution is -0.142. The van der Waals surface area contributed by atoms with Gasteiger partial charge in [-0.1, -0.05) is 34.6 Å². The molecule has 2 amide bonds. The number of rotatable bonds is 8. The number of carbonyl (C=O) groups is 2. The van der Waals surface area contributed by atoms with E-state index in [1.165, 1.54) is 16.4 Å². The maximum atomic E-state index is 13.1. The number of benzene rings is 1. The minimum Gasteiger partial charge on any atom is -0.492 e. The van der Waals surface area contributed by atoms with E-state index in [2.05, 4.69) is 5.32 Å². The summed E-state index contributed by atoms with van der Waals surface area (Å²) in [6.45, 7) is 13.1. The third-order valence-electron chi connectivity index (χ3n) is 5.57. The molecule has 1 N–H and O–H groups in total. The van der Waals surface area contributed by atoms with Gasteiger partial charge < -0.3 is 15.0 Å². The molecule has 0 aromatic heterocycles. The van der Waals surface area contributed by atoms with E-state index in [1.54, 1.807) is 24.8 Å². The molecule has 0 saturated carbocycles. The van der Waals surface area contributed by atoms with E-state index >= 15 is 0 Å². The molecule has 1 saturated heterocycles. The van der Waals surface area contributed by atoms with Crippen LogP contribution in [-0.4, -0.2) is 62.2 Å². The second kappa shape index (κ2) is 10.7. The Hall–Kier alpha value is -2.13. The Labute approximate surface area is 192 Å². The average molecular weight is 468 g/mol. The molecule has 0 spiro atoms. The van der Waals surface area contributed by atoms with E-state index in [9.17, 15) is 18.0 Å². The van der Waals surface area contributed by atoms with Crippen LogP contribution < -0.4 is 10.1 Å². The number of anilines is 1. The van der Waals surface area contributed by atoms with Crippen molar-refractivity contribution in [2.24, 2.45) is 11.3 Å². The molecule has 1 unspecified atom stereocenters. The summed E-state index contributed by atoms with van der Waals surface area (Å²) in [5, 5.41) is 2.87. The number of likely N-dealkylation sites (tertiary alicyclic amines) is 1. The van der Waals surface area contributed by atoms with Crippen LogP contribution in [0.4, 0.5) is 5.69 Å². The Morgan fingerprint density at radius 1 is 1.19 bits per heavy atom. The standard InChI is InChI=1S/C23H37N3O5S/c1-7-26(8-2)32(29,30)18-12-13-20(31-9-3)19(15-18)24-21(27)17-11-10-14-25(16-17)22(28)23(4,5)6/h12-13,15,17H,7-11,14,16H2,1-6H3,(H,24,27). The highest BCUT2D eigenvalue weighted by atomic mass is 32.2. The largest absolute Gasteiger partial charge is 0.492 e. The SMILES string of the molecule is CCOc1ccc(S(=O)(=O)N(CC)CC)cc1NC(=O)C1CCCN(C(=O)C(C)(C)C)C1. The molecule has 0 bridgehead atoms. The van der Waals surface area contributed by atoms with Crippen molar-refractivity contribution in [2.45, 2.75) is 59.3 Å². The van der Waals surface area contributed by atoms with Crippen molar-refractivity contribution >= 4 is 27.5 Å². The van der Waals surface area contributed by atoms with Gasteiger partial charge in [0.25, 0.3) is 0 Å². The predicted octanol–water partition coefficient (Wildman–Crippen LogP) is 3.34. The fourth-order valence-electron chi connectivity index (χ4n) is 3.85. The molecule has 1 fully saturated rings. The summed E-state index contributed by atoms with van der Waals surface area (Å²) in [6.07, 6.45) is 1.41. The molecule has 2 rings (SSSR count). The Kier molecular flexibility index (Phi) is 8.70. The first-order valence-corrected chi connectivity index (χ1v) is 12.8.